The van der Waals surface area contributed by atoms with Gasteiger partial charge in [0.05, 0.1) is 24.2 Å². The first-order valence-electron chi connectivity index (χ1n) is 10.3. The third kappa shape index (κ3) is 4.46. The van der Waals surface area contributed by atoms with E-state index in [0.717, 1.165) is 28.1 Å². The Morgan fingerprint density at radius 1 is 1.00 bits per heavy atom. The Morgan fingerprint density at radius 3 is 2.34 bits per heavy atom. The van der Waals surface area contributed by atoms with E-state index < -0.39 is 0 Å². The van der Waals surface area contributed by atoms with Gasteiger partial charge in [0.1, 0.15) is 11.6 Å². The third-order valence-corrected chi connectivity index (χ3v) is 5.07. The molecule has 0 aliphatic carbocycles. The summed E-state index contributed by atoms with van der Waals surface area (Å²) >= 11 is 0. The first kappa shape index (κ1) is 21.1. The zero-order valence-corrected chi connectivity index (χ0v) is 18.2. The van der Waals surface area contributed by atoms with E-state index in [1.54, 1.807) is 47.3 Å². The fraction of sp³-hybridized carbons (Fsp3) is 0.160. The molecule has 0 radical (unpaired) electrons. The van der Waals surface area contributed by atoms with Gasteiger partial charge in [0.15, 0.2) is 0 Å². The van der Waals surface area contributed by atoms with Gasteiger partial charge in [0.25, 0.3) is 5.91 Å². The van der Waals surface area contributed by atoms with Gasteiger partial charge in [0, 0.05) is 18.1 Å². The second-order valence-corrected chi connectivity index (χ2v) is 7.58. The van der Waals surface area contributed by atoms with Crippen molar-refractivity contribution in [1.29, 1.82) is 0 Å². The number of benzene rings is 2. The molecule has 162 valence electrons. The Morgan fingerprint density at radius 2 is 1.72 bits per heavy atom. The first-order valence-corrected chi connectivity index (χ1v) is 10.3. The Balaban J connectivity index is 1.64. The van der Waals surface area contributed by atoms with E-state index in [1.807, 2.05) is 38.1 Å². The molecule has 32 heavy (non-hydrogen) atoms. The van der Waals surface area contributed by atoms with Crippen LogP contribution in [0.3, 0.4) is 0 Å². The highest BCUT2D eigenvalue weighted by atomic mass is 16.3. The highest BCUT2D eigenvalue weighted by Gasteiger charge is 2.19. The molecule has 0 spiro atoms. The first-order chi connectivity index (χ1) is 15.4. The minimum absolute atomic E-state index is 0.187. The molecule has 7 nitrogen and oxygen atoms in total. The van der Waals surface area contributed by atoms with E-state index in [2.05, 4.69) is 15.7 Å². The highest BCUT2D eigenvalue weighted by molar-refractivity contribution is 5.95. The van der Waals surface area contributed by atoms with Crippen molar-refractivity contribution in [2.45, 2.75) is 27.3 Å². The van der Waals surface area contributed by atoms with E-state index in [1.165, 1.54) is 6.92 Å². The molecule has 7 heteroatoms. The number of furan rings is 1. The summed E-state index contributed by atoms with van der Waals surface area (Å²) in [6, 6.07) is 18.7. The van der Waals surface area contributed by atoms with Crippen molar-refractivity contribution in [3.05, 3.63) is 89.5 Å². The Hall–Kier alpha value is -4.13. The molecule has 2 amide bonds. The van der Waals surface area contributed by atoms with Crippen molar-refractivity contribution < 1.29 is 14.0 Å². The second kappa shape index (κ2) is 8.93. The van der Waals surface area contributed by atoms with Crippen LogP contribution in [0.2, 0.25) is 0 Å². The molecule has 0 fully saturated rings. The lowest BCUT2D eigenvalue weighted by atomic mass is 10.0. The number of nitrogens with one attached hydrogen (secondary N) is 2. The number of hydrogen-bond acceptors (Lipinski definition) is 4. The molecule has 0 atom stereocenters. The van der Waals surface area contributed by atoms with E-state index >= 15 is 0 Å². The van der Waals surface area contributed by atoms with Crippen molar-refractivity contribution in [2.24, 2.45) is 0 Å². The fourth-order valence-corrected chi connectivity index (χ4v) is 3.50. The number of amides is 2. The fourth-order valence-electron chi connectivity index (χ4n) is 3.50. The molecule has 0 saturated heterocycles. The largest absolute Gasteiger partial charge is 0.467 e. The minimum atomic E-state index is -0.202. The second-order valence-electron chi connectivity index (χ2n) is 7.58. The van der Waals surface area contributed by atoms with Crippen LogP contribution >= 0.6 is 0 Å². The Kier molecular flexibility index (Phi) is 5.89. The number of anilines is 1. The average molecular weight is 428 g/mol. The molecule has 0 saturated carbocycles. The topological polar surface area (TPSA) is 89.2 Å². The van der Waals surface area contributed by atoms with Crippen LogP contribution < -0.4 is 10.6 Å². The van der Waals surface area contributed by atoms with E-state index in [9.17, 15) is 9.59 Å². The lowest BCUT2D eigenvalue weighted by molar-refractivity contribution is -0.114. The molecular formula is C25H24N4O3. The summed E-state index contributed by atoms with van der Waals surface area (Å²) < 4.78 is 6.93. The third-order valence-electron chi connectivity index (χ3n) is 5.07. The predicted octanol–water partition coefficient (Wildman–Crippen LogP) is 4.64. The van der Waals surface area contributed by atoms with Gasteiger partial charge in [-0.1, -0.05) is 29.8 Å². The maximum atomic E-state index is 12.4. The van der Waals surface area contributed by atoms with Crippen LogP contribution in [0.25, 0.3) is 16.8 Å². The molecule has 4 rings (SSSR count). The van der Waals surface area contributed by atoms with E-state index in [4.69, 9.17) is 4.42 Å². The molecule has 2 aromatic heterocycles. The lowest BCUT2D eigenvalue weighted by Crippen LogP contribution is -2.22. The van der Waals surface area contributed by atoms with Crippen LogP contribution in [-0.4, -0.2) is 21.6 Å². The van der Waals surface area contributed by atoms with Crippen molar-refractivity contribution in [2.75, 3.05) is 5.32 Å². The number of rotatable bonds is 6. The normalized spacial score (nSPS) is 10.7. The summed E-state index contributed by atoms with van der Waals surface area (Å²) in [4.78, 5) is 24.4. The number of hydrogen-bond donors (Lipinski definition) is 2. The Labute approximate surface area is 186 Å². The molecular weight excluding hydrogens is 404 g/mol. The molecule has 0 aliphatic rings. The van der Waals surface area contributed by atoms with Gasteiger partial charge in [-0.25, -0.2) is 4.68 Å². The summed E-state index contributed by atoms with van der Waals surface area (Å²) in [7, 11) is 0. The van der Waals surface area contributed by atoms with Gasteiger partial charge in [-0.05, 0) is 55.8 Å². The number of aromatic nitrogens is 2. The van der Waals surface area contributed by atoms with Gasteiger partial charge in [-0.3, -0.25) is 9.59 Å². The van der Waals surface area contributed by atoms with Crippen LogP contribution in [-0.2, 0) is 11.3 Å². The smallest absolute Gasteiger partial charge is 0.251 e. The van der Waals surface area contributed by atoms with E-state index in [-0.39, 0.29) is 11.8 Å². The van der Waals surface area contributed by atoms with Crippen molar-refractivity contribution in [3.8, 4) is 16.8 Å². The van der Waals surface area contributed by atoms with Crippen LogP contribution in [0, 0.1) is 13.8 Å². The van der Waals surface area contributed by atoms with Crippen molar-refractivity contribution >= 4 is 17.6 Å². The average Bonchev–Trinajstić information content (AvgIpc) is 3.41. The van der Waals surface area contributed by atoms with Gasteiger partial charge in [-0.15, -0.1) is 0 Å². The molecule has 4 aromatic rings. The molecule has 0 unspecified atom stereocenters. The highest BCUT2D eigenvalue weighted by Crippen LogP contribution is 2.33. The van der Waals surface area contributed by atoms with Crippen molar-refractivity contribution in [3.63, 3.8) is 0 Å². The number of carbonyl (C=O) groups excluding carboxylic acids is 2. The summed E-state index contributed by atoms with van der Waals surface area (Å²) in [5.74, 6) is 0.889. The molecule has 2 aromatic carbocycles. The SMILES string of the molecule is CC(=O)Nc1c(-c2ccc(C)cc2)c(C)nn1-c1ccc(C(=O)NCc2ccco2)cc1. The lowest BCUT2D eigenvalue weighted by Gasteiger charge is -2.11. The minimum Gasteiger partial charge on any atom is -0.467 e. The molecule has 2 N–H and O–H groups in total. The van der Waals surface area contributed by atoms with Crippen LogP contribution in [0.1, 0.15) is 34.3 Å². The van der Waals surface area contributed by atoms with Gasteiger partial charge in [0.2, 0.25) is 5.91 Å². The van der Waals surface area contributed by atoms with E-state index in [0.29, 0.717) is 23.7 Å². The van der Waals surface area contributed by atoms with Gasteiger partial charge < -0.3 is 15.1 Å². The molecule has 0 bridgehead atoms. The predicted molar refractivity (Wildman–Crippen MR) is 123 cm³/mol. The summed E-state index contributed by atoms with van der Waals surface area (Å²) in [5.41, 5.74) is 5.03. The number of carbonyl (C=O) groups is 2. The summed E-state index contributed by atoms with van der Waals surface area (Å²) in [6.45, 7) is 5.73. The molecule has 0 aliphatic heterocycles. The standard InChI is InChI=1S/C25H24N4O3/c1-16-6-8-19(9-7-16)23-17(2)28-29(24(23)27-18(3)30)21-12-10-20(11-13-21)25(31)26-15-22-5-4-14-32-22/h4-14H,15H2,1-3H3,(H,26,31)(H,27,30). The van der Waals surface area contributed by atoms with Crippen molar-refractivity contribution in [1.82, 2.24) is 15.1 Å². The zero-order chi connectivity index (χ0) is 22.7. The monoisotopic (exact) mass is 428 g/mol. The van der Waals surface area contributed by atoms with Gasteiger partial charge >= 0.3 is 0 Å². The van der Waals surface area contributed by atoms with Gasteiger partial charge in [-0.2, -0.15) is 5.10 Å². The number of aryl methyl sites for hydroxylation is 2. The number of nitrogens with zero attached hydrogens (tertiary/aromatic N) is 2. The maximum absolute atomic E-state index is 12.4. The molecule has 2 heterocycles. The van der Waals surface area contributed by atoms with Crippen LogP contribution in [0.4, 0.5) is 5.82 Å². The quantitative estimate of drug-likeness (QED) is 0.468. The zero-order valence-electron chi connectivity index (χ0n) is 18.2. The van der Waals surface area contributed by atoms with Crippen LogP contribution in [0.5, 0.6) is 0 Å². The maximum Gasteiger partial charge on any atom is 0.251 e. The van der Waals surface area contributed by atoms with Crippen LogP contribution in [0.15, 0.2) is 71.3 Å². The summed E-state index contributed by atoms with van der Waals surface area (Å²) in [5, 5.41) is 10.4. The Bertz CT molecular complexity index is 1240. The summed E-state index contributed by atoms with van der Waals surface area (Å²) in [6.07, 6.45) is 1.57.